The maximum Gasteiger partial charge on any atom is 0.330 e. The van der Waals surface area contributed by atoms with Gasteiger partial charge >= 0.3 is 5.97 Å². The van der Waals surface area contributed by atoms with E-state index in [0.29, 0.717) is 6.61 Å². The van der Waals surface area contributed by atoms with Crippen molar-refractivity contribution in [3.63, 3.8) is 0 Å². The first-order chi connectivity index (χ1) is 13.0. The lowest BCUT2D eigenvalue weighted by molar-refractivity contribution is -0.137. The Balaban J connectivity index is 2.22. The van der Waals surface area contributed by atoms with E-state index >= 15 is 0 Å². The molecular formula is C22H28O3S2. The van der Waals surface area contributed by atoms with E-state index in [9.17, 15) is 4.79 Å². The van der Waals surface area contributed by atoms with Crippen molar-refractivity contribution in [3.05, 3.63) is 59.2 Å². The minimum Gasteiger partial charge on any atom is -0.493 e. The van der Waals surface area contributed by atoms with Gasteiger partial charge in [-0.25, -0.2) is 4.79 Å². The molecule has 3 nitrogen and oxygen atoms in total. The number of esters is 1. The molecule has 0 radical (unpaired) electrons. The molecule has 1 heterocycles. The van der Waals surface area contributed by atoms with E-state index in [1.165, 1.54) is 22.8 Å². The van der Waals surface area contributed by atoms with Crippen LogP contribution in [0.5, 0.6) is 5.75 Å². The van der Waals surface area contributed by atoms with Gasteiger partial charge in [-0.05, 0) is 62.1 Å². The maximum absolute atomic E-state index is 11.5. The number of allylic oxidation sites excluding steroid dienone is 5. The van der Waals surface area contributed by atoms with Gasteiger partial charge in [0.05, 0.1) is 17.3 Å². The molecule has 0 atom stereocenters. The zero-order valence-electron chi connectivity index (χ0n) is 16.7. The summed E-state index contributed by atoms with van der Waals surface area (Å²) < 4.78 is 10.9. The summed E-state index contributed by atoms with van der Waals surface area (Å²) in [7, 11) is 0. The van der Waals surface area contributed by atoms with Gasteiger partial charge in [0.2, 0.25) is 0 Å². The summed E-state index contributed by atoms with van der Waals surface area (Å²) in [5.41, 5.74) is 4.48. The third-order valence-electron chi connectivity index (χ3n) is 4.53. The molecule has 5 heteroatoms. The summed E-state index contributed by atoms with van der Waals surface area (Å²) in [6.07, 6.45) is 12.8. The molecule has 146 valence electrons. The molecule has 0 amide bonds. The zero-order chi connectivity index (χ0) is 19.9. The van der Waals surface area contributed by atoms with Crippen molar-refractivity contribution in [2.45, 2.75) is 31.3 Å². The van der Waals surface area contributed by atoms with E-state index in [4.69, 9.17) is 9.47 Å². The SMILES string of the molecule is CCOC(=O)C=C(C)C=CC=C(C)c1ccc2c(c1)C(SC)(SC)CCO2. The van der Waals surface area contributed by atoms with Crippen molar-refractivity contribution < 1.29 is 14.3 Å². The number of carbonyl (C=O) groups excluding carboxylic acids is 1. The molecule has 0 saturated heterocycles. The number of rotatable bonds is 7. The summed E-state index contributed by atoms with van der Waals surface area (Å²) in [4.78, 5) is 11.5. The molecule has 0 unspecified atom stereocenters. The van der Waals surface area contributed by atoms with Crippen LogP contribution in [0, 0.1) is 0 Å². The van der Waals surface area contributed by atoms with Crippen molar-refractivity contribution in [1.29, 1.82) is 0 Å². The lowest BCUT2D eigenvalue weighted by Crippen LogP contribution is -2.26. The molecule has 1 aliphatic heterocycles. The van der Waals surface area contributed by atoms with E-state index in [-0.39, 0.29) is 10.0 Å². The first-order valence-corrected chi connectivity index (χ1v) is 11.5. The van der Waals surface area contributed by atoms with E-state index in [1.807, 2.05) is 42.6 Å². The van der Waals surface area contributed by atoms with Crippen molar-refractivity contribution in [1.82, 2.24) is 0 Å². The predicted molar refractivity (Wildman–Crippen MR) is 118 cm³/mol. The lowest BCUT2D eigenvalue weighted by atomic mass is 9.98. The van der Waals surface area contributed by atoms with Crippen LogP contribution in [0.3, 0.4) is 0 Å². The van der Waals surface area contributed by atoms with E-state index in [1.54, 1.807) is 6.92 Å². The van der Waals surface area contributed by atoms with Crippen LogP contribution in [0.1, 0.15) is 38.3 Å². The smallest absolute Gasteiger partial charge is 0.330 e. The van der Waals surface area contributed by atoms with Gasteiger partial charge in [0.15, 0.2) is 0 Å². The number of benzene rings is 1. The second-order valence-corrected chi connectivity index (χ2v) is 8.79. The van der Waals surface area contributed by atoms with Gasteiger partial charge in [0, 0.05) is 18.1 Å². The third kappa shape index (κ3) is 5.45. The number of ether oxygens (including phenoxy) is 2. The van der Waals surface area contributed by atoms with Crippen LogP contribution in [0.15, 0.2) is 48.1 Å². The van der Waals surface area contributed by atoms with Crippen LogP contribution >= 0.6 is 23.5 Å². The highest BCUT2D eigenvalue weighted by molar-refractivity contribution is 8.16. The molecular weight excluding hydrogens is 376 g/mol. The standard InChI is InChI=1S/C22H28O3S2/c1-6-24-21(23)14-16(2)8-7-9-17(3)18-10-11-20-19(15-18)22(26-4,27-5)12-13-25-20/h7-11,14-15H,6,12-13H2,1-5H3. The normalized spacial score (nSPS) is 16.8. The highest BCUT2D eigenvalue weighted by Gasteiger charge is 2.36. The highest BCUT2D eigenvalue weighted by Crippen LogP contribution is 2.52. The predicted octanol–water partition coefficient (Wildman–Crippen LogP) is 5.82. The Hall–Kier alpha value is -1.59. The van der Waals surface area contributed by atoms with Crippen LogP contribution in [-0.2, 0) is 13.6 Å². The topological polar surface area (TPSA) is 35.5 Å². The van der Waals surface area contributed by atoms with Gasteiger partial charge in [-0.3, -0.25) is 0 Å². The number of carbonyl (C=O) groups is 1. The van der Waals surface area contributed by atoms with E-state index in [0.717, 1.165) is 24.4 Å². The third-order valence-corrected chi connectivity index (χ3v) is 7.70. The number of hydrogen-bond acceptors (Lipinski definition) is 5. The molecule has 1 aliphatic rings. The molecule has 1 aromatic carbocycles. The van der Waals surface area contributed by atoms with Crippen LogP contribution in [0.25, 0.3) is 5.57 Å². The Morgan fingerprint density at radius 3 is 2.70 bits per heavy atom. The van der Waals surface area contributed by atoms with Crippen molar-refractivity contribution in [2.75, 3.05) is 25.7 Å². The van der Waals surface area contributed by atoms with Gasteiger partial charge in [0.1, 0.15) is 5.75 Å². The molecule has 0 bridgehead atoms. The average molecular weight is 405 g/mol. The molecule has 0 aliphatic carbocycles. The van der Waals surface area contributed by atoms with E-state index < -0.39 is 0 Å². The van der Waals surface area contributed by atoms with Gasteiger partial charge in [-0.15, -0.1) is 23.5 Å². The zero-order valence-corrected chi connectivity index (χ0v) is 18.3. The average Bonchev–Trinajstić information content (AvgIpc) is 2.67. The van der Waals surface area contributed by atoms with Crippen molar-refractivity contribution in [3.8, 4) is 5.75 Å². The summed E-state index contributed by atoms with van der Waals surface area (Å²) >= 11 is 3.77. The summed E-state index contributed by atoms with van der Waals surface area (Å²) in [6.45, 7) is 6.94. The molecule has 0 N–H and O–H groups in total. The Morgan fingerprint density at radius 2 is 2.04 bits per heavy atom. The van der Waals surface area contributed by atoms with Gasteiger partial charge in [-0.1, -0.05) is 24.3 Å². The molecule has 27 heavy (non-hydrogen) atoms. The van der Waals surface area contributed by atoms with Crippen LogP contribution in [0.4, 0.5) is 0 Å². The van der Waals surface area contributed by atoms with Gasteiger partial charge < -0.3 is 9.47 Å². The fraction of sp³-hybridized carbons (Fsp3) is 0.409. The Kier molecular flexibility index (Phi) is 8.11. The fourth-order valence-electron chi connectivity index (χ4n) is 2.99. The summed E-state index contributed by atoms with van der Waals surface area (Å²) in [6, 6.07) is 6.44. The minimum absolute atomic E-state index is 0.0542. The highest BCUT2D eigenvalue weighted by atomic mass is 32.2. The number of hydrogen-bond donors (Lipinski definition) is 0. The lowest BCUT2D eigenvalue weighted by Gasteiger charge is -2.36. The van der Waals surface area contributed by atoms with E-state index in [2.05, 4.69) is 43.7 Å². The molecule has 0 aromatic heterocycles. The van der Waals surface area contributed by atoms with Crippen LogP contribution in [0.2, 0.25) is 0 Å². The largest absolute Gasteiger partial charge is 0.493 e. The molecule has 2 rings (SSSR count). The van der Waals surface area contributed by atoms with Crippen molar-refractivity contribution in [2.24, 2.45) is 0 Å². The van der Waals surface area contributed by atoms with Gasteiger partial charge in [-0.2, -0.15) is 0 Å². The van der Waals surface area contributed by atoms with Crippen molar-refractivity contribution >= 4 is 35.1 Å². The number of fused-ring (bicyclic) bond motifs is 1. The first kappa shape index (κ1) is 21.7. The minimum atomic E-state index is -0.305. The van der Waals surface area contributed by atoms with Crippen LogP contribution in [-0.4, -0.2) is 31.7 Å². The molecule has 0 spiro atoms. The Labute approximate surface area is 171 Å². The summed E-state index contributed by atoms with van der Waals surface area (Å²) in [5, 5.41) is 0. The molecule has 0 fully saturated rings. The fourth-order valence-corrected chi connectivity index (χ4v) is 5.00. The quantitative estimate of drug-likeness (QED) is 0.248. The number of thioether (sulfide) groups is 2. The second-order valence-electron chi connectivity index (χ2n) is 6.32. The van der Waals surface area contributed by atoms with Gasteiger partial charge in [0.25, 0.3) is 0 Å². The maximum atomic E-state index is 11.5. The molecule has 1 aromatic rings. The molecule has 0 saturated carbocycles. The monoisotopic (exact) mass is 404 g/mol. The Bertz CT molecular complexity index is 759. The second kappa shape index (κ2) is 10.1. The first-order valence-electron chi connectivity index (χ1n) is 9.03. The summed E-state index contributed by atoms with van der Waals surface area (Å²) in [5.74, 6) is 0.686. The van der Waals surface area contributed by atoms with Crippen LogP contribution < -0.4 is 4.74 Å². The Morgan fingerprint density at radius 1 is 1.30 bits per heavy atom.